The van der Waals surface area contributed by atoms with Gasteiger partial charge in [0.1, 0.15) is 5.75 Å². The Kier molecular flexibility index (Phi) is 6.35. The summed E-state index contributed by atoms with van der Waals surface area (Å²) in [5, 5.41) is 6.56. The van der Waals surface area contributed by atoms with Gasteiger partial charge in [0.25, 0.3) is 0 Å². The molecule has 0 atom stereocenters. The Morgan fingerprint density at radius 3 is 2.91 bits per heavy atom. The SMILES string of the molecule is COCCN=c1scc(C)n1/N=C/c1cc(Br)ccc1OC. The Bertz CT molecular complexity index is 722. The fourth-order valence-electron chi connectivity index (χ4n) is 1.79. The van der Waals surface area contributed by atoms with Gasteiger partial charge < -0.3 is 9.47 Å². The lowest BCUT2D eigenvalue weighted by Gasteiger charge is -2.05. The van der Waals surface area contributed by atoms with Gasteiger partial charge in [0.2, 0.25) is 4.80 Å². The van der Waals surface area contributed by atoms with Crippen LogP contribution in [0.25, 0.3) is 0 Å². The molecule has 0 bridgehead atoms. The average Bonchev–Trinajstić information content (AvgIpc) is 2.86. The summed E-state index contributed by atoms with van der Waals surface area (Å²) in [5.41, 5.74) is 1.93. The third-order valence-electron chi connectivity index (χ3n) is 2.90. The van der Waals surface area contributed by atoms with Crippen LogP contribution in [0.2, 0.25) is 0 Å². The van der Waals surface area contributed by atoms with E-state index >= 15 is 0 Å². The summed E-state index contributed by atoms with van der Waals surface area (Å²) in [5.74, 6) is 0.776. The molecule has 0 aliphatic carbocycles. The normalized spacial score (nSPS) is 12.3. The first kappa shape index (κ1) is 16.9. The largest absolute Gasteiger partial charge is 0.496 e. The van der Waals surface area contributed by atoms with Gasteiger partial charge in [0.15, 0.2) is 0 Å². The minimum atomic E-state index is 0.597. The third kappa shape index (κ3) is 4.28. The lowest BCUT2D eigenvalue weighted by Crippen LogP contribution is -2.13. The minimum Gasteiger partial charge on any atom is -0.496 e. The Labute approximate surface area is 142 Å². The number of aryl methyl sites for hydroxylation is 1. The highest BCUT2D eigenvalue weighted by atomic mass is 79.9. The number of rotatable bonds is 6. The van der Waals surface area contributed by atoms with Crippen LogP contribution < -0.4 is 9.54 Å². The number of methoxy groups -OCH3 is 2. The van der Waals surface area contributed by atoms with Crippen LogP contribution in [0.5, 0.6) is 5.75 Å². The second kappa shape index (κ2) is 8.26. The van der Waals surface area contributed by atoms with Gasteiger partial charge in [-0.1, -0.05) is 15.9 Å². The van der Waals surface area contributed by atoms with Gasteiger partial charge in [0.05, 0.1) is 32.2 Å². The summed E-state index contributed by atoms with van der Waals surface area (Å²) in [6, 6.07) is 5.80. The van der Waals surface area contributed by atoms with Gasteiger partial charge in [-0.05, 0) is 25.1 Å². The van der Waals surface area contributed by atoms with Gasteiger partial charge >= 0.3 is 0 Å². The van der Waals surface area contributed by atoms with Crippen molar-refractivity contribution in [3.05, 3.63) is 44.1 Å². The van der Waals surface area contributed by atoms with Gasteiger partial charge in [-0.2, -0.15) is 5.10 Å². The monoisotopic (exact) mass is 383 g/mol. The molecule has 2 aromatic rings. The highest BCUT2D eigenvalue weighted by molar-refractivity contribution is 9.10. The zero-order chi connectivity index (χ0) is 15.9. The van der Waals surface area contributed by atoms with Crippen molar-refractivity contribution in [1.82, 2.24) is 4.68 Å². The molecular weight excluding hydrogens is 366 g/mol. The van der Waals surface area contributed by atoms with E-state index in [0.29, 0.717) is 13.2 Å². The second-order valence-corrected chi connectivity index (χ2v) is 6.23. The van der Waals surface area contributed by atoms with Crippen molar-refractivity contribution in [2.45, 2.75) is 6.92 Å². The Hall–Kier alpha value is -1.44. The van der Waals surface area contributed by atoms with E-state index in [1.54, 1.807) is 31.8 Å². The van der Waals surface area contributed by atoms with Crippen molar-refractivity contribution < 1.29 is 9.47 Å². The second-order valence-electron chi connectivity index (χ2n) is 4.48. The lowest BCUT2D eigenvalue weighted by atomic mass is 10.2. The summed E-state index contributed by atoms with van der Waals surface area (Å²) in [4.78, 5) is 5.34. The van der Waals surface area contributed by atoms with Crippen LogP contribution in [0.1, 0.15) is 11.3 Å². The highest BCUT2D eigenvalue weighted by Crippen LogP contribution is 2.21. The highest BCUT2D eigenvalue weighted by Gasteiger charge is 2.03. The summed E-state index contributed by atoms with van der Waals surface area (Å²) in [6.45, 7) is 3.22. The molecule has 0 unspecified atom stereocenters. The molecule has 1 aromatic carbocycles. The smallest absolute Gasteiger partial charge is 0.205 e. The van der Waals surface area contributed by atoms with Crippen LogP contribution in [-0.4, -0.2) is 38.3 Å². The third-order valence-corrected chi connectivity index (χ3v) is 4.36. The first-order chi connectivity index (χ1) is 10.7. The summed E-state index contributed by atoms with van der Waals surface area (Å²) in [7, 11) is 3.32. The Morgan fingerprint density at radius 1 is 1.36 bits per heavy atom. The number of halogens is 1. The number of benzene rings is 1. The van der Waals surface area contributed by atoms with Crippen molar-refractivity contribution >= 4 is 33.5 Å². The topological polar surface area (TPSA) is 48.1 Å². The standard InChI is InChI=1S/C15H18BrN3O2S/c1-11-10-22-15(17-6-7-20-2)19(11)18-9-12-8-13(16)4-5-14(12)21-3/h4-5,8-10H,6-7H2,1-3H3/b17-15?,18-9+. The molecule has 0 aliphatic rings. The summed E-state index contributed by atoms with van der Waals surface area (Å²) >= 11 is 5.02. The van der Waals surface area contributed by atoms with Crippen LogP contribution in [-0.2, 0) is 4.74 Å². The quantitative estimate of drug-likeness (QED) is 0.568. The molecule has 1 aromatic heterocycles. The summed E-state index contributed by atoms with van der Waals surface area (Å²) in [6.07, 6.45) is 1.78. The van der Waals surface area contributed by atoms with Crippen LogP contribution in [0.15, 0.2) is 38.1 Å². The average molecular weight is 384 g/mol. The molecule has 0 fully saturated rings. The van der Waals surface area contributed by atoms with Crippen LogP contribution in [0, 0.1) is 6.92 Å². The van der Waals surface area contributed by atoms with E-state index in [2.05, 4.69) is 26.0 Å². The van der Waals surface area contributed by atoms with Crippen LogP contribution >= 0.6 is 27.3 Å². The zero-order valence-electron chi connectivity index (χ0n) is 12.7. The minimum absolute atomic E-state index is 0.597. The van der Waals surface area contributed by atoms with Crippen molar-refractivity contribution in [3.8, 4) is 5.75 Å². The molecule has 0 amide bonds. The molecule has 0 saturated heterocycles. The fourth-order valence-corrected chi connectivity index (χ4v) is 3.00. The molecule has 2 rings (SSSR count). The van der Waals surface area contributed by atoms with E-state index in [4.69, 9.17) is 9.47 Å². The molecular formula is C15H18BrN3O2S. The van der Waals surface area contributed by atoms with Crippen molar-refractivity contribution in [3.63, 3.8) is 0 Å². The maximum Gasteiger partial charge on any atom is 0.205 e. The van der Waals surface area contributed by atoms with Crippen molar-refractivity contribution in [1.29, 1.82) is 0 Å². The molecule has 7 heteroatoms. The van der Waals surface area contributed by atoms with Gasteiger partial charge in [-0.3, -0.25) is 4.99 Å². The van der Waals surface area contributed by atoms with E-state index in [9.17, 15) is 0 Å². The van der Waals surface area contributed by atoms with Crippen molar-refractivity contribution in [2.24, 2.45) is 10.1 Å². The molecule has 0 radical (unpaired) electrons. The predicted molar refractivity (Wildman–Crippen MR) is 93.0 cm³/mol. The first-order valence-corrected chi connectivity index (χ1v) is 8.37. The maximum absolute atomic E-state index is 5.35. The van der Waals surface area contributed by atoms with Gasteiger partial charge in [-0.15, -0.1) is 11.3 Å². The Morgan fingerprint density at radius 2 is 2.18 bits per heavy atom. The van der Waals surface area contributed by atoms with Gasteiger partial charge in [-0.25, -0.2) is 4.68 Å². The van der Waals surface area contributed by atoms with Crippen LogP contribution in [0.3, 0.4) is 0 Å². The number of thiazole rings is 1. The van der Waals surface area contributed by atoms with E-state index in [0.717, 1.165) is 26.3 Å². The van der Waals surface area contributed by atoms with Gasteiger partial charge in [0, 0.05) is 22.5 Å². The number of hydrogen-bond acceptors (Lipinski definition) is 5. The lowest BCUT2D eigenvalue weighted by molar-refractivity contribution is 0.207. The van der Waals surface area contributed by atoms with Crippen LogP contribution in [0.4, 0.5) is 0 Å². The maximum atomic E-state index is 5.35. The molecule has 118 valence electrons. The molecule has 5 nitrogen and oxygen atoms in total. The number of aromatic nitrogens is 1. The van der Waals surface area contributed by atoms with E-state index < -0.39 is 0 Å². The molecule has 0 N–H and O–H groups in total. The van der Waals surface area contributed by atoms with E-state index in [-0.39, 0.29) is 0 Å². The number of nitrogens with zero attached hydrogens (tertiary/aromatic N) is 3. The molecule has 0 spiro atoms. The molecule has 0 aliphatic heterocycles. The number of ether oxygens (including phenoxy) is 2. The molecule has 22 heavy (non-hydrogen) atoms. The van der Waals surface area contributed by atoms with E-state index in [1.807, 2.05) is 35.2 Å². The molecule has 0 saturated carbocycles. The zero-order valence-corrected chi connectivity index (χ0v) is 15.1. The number of hydrogen-bond donors (Lipinski definition) is 0. The van der Waals surface area contributed by atoms with E-state index in [1.165, 1.54) is 0 Å². The fraction of sp³-hybridized carbons (Fsp3) is 0.333. The first-order valence-electron chi connectivity index (χ1n) is 6.70. The molecule has 1 heterocycles. The Balaban J connectivity index is 2.33. The summed E-state index contributed by atoms with van der Waals surface area (Å²) < 4.78 is 13.2. The predicted octanol–water partition coefficient (Wildman–Crippen LogP) is 3.06. The van der Waals surface area contributed by atoms with Crippen molar-refractivity contribution in [2.75, 3.05) is 27.4 Å².